The first kappa shape index (κ1) is 15.0. The molecule has 1 heterocycles. The van der Waals surface area contributed by atoms with E-state index < -0.39 is 0 Å². The van der Waals surface area contributed by atoms with E-state index in [1.165, 1.54) is 0 Å². The maximum atomic E-state index is 5.91. The number of halogens is 1. The van der Waals surface area contributed by atoms with Gasteiger partial charge in [-0.15, -0.1) is 0 Å². The lowest BCUT2D eigenvalue weighted by molar-refractivity contribution is 0.428. The molecule has 0 aliphatic carbocycles. The van der Waals surface area contributed by atoms with Crippen molar-refractivity contribution in [2.24, 2.45) is 0 Å². The van der Waals surface area contributed by atoms with Gasteiger partial charge in [0.15, 0.2) is 0 Å². The lowest BCUT2D eigenvalue weighted by Crippen LogP contribution is -2.37. The number of nitrogens with one attached hydrogen (secondary N) is 1. The Bertz CT molecular complexity index is 556. The molecule has 20 heavy (non-hydrogen) atoms. The summed E-state index contributed by atoms with van der Waals surface area (Å²) in [5, 5.41) is 4.23. The Balaban J connectivity index is 2.06. The number of rotatable bonds is 4. The van der Waals surface area contributed by atoms with Crippen LogP contribution in [0.3, 0.4) is 0 Å². The third kappa shape index (κ3) is 4.62. The van der Waals surface area contributed by atoms with Gasteiger partial charge in [-0.2, -0.15) is 0 Å². The summed E-state index contributed by atoms with van der Waals surface area (Å²) in [7, 11) is 0. The number of nitrogens with zero attached hydrogens (tertiary/aromatic N) is 1. The molecule has 0 aliphatic heterocycles. The predicted molar refractivity (Wildman–Crippen MR) is 86.1 cm³/mol. The van der Waals surface area contributed by atoms with Crippen molar-refractivity contribution in [1.82, 2.24) is 10.3 Å². The van der Waals surface area contributed by atoms with Crippen molar-refractivity contribution in [3.63, 3.8) is 0 Å². The Labute approximate surface area is 126 Å². The Morgan fingerprint density at radius 1 is 1.05 bits per heavy atom. The van der Waals surface area contributed by atoms with Gasteiger partial charge in [-0.1, -0.05) is 29.8 Å². The van der Waals surface area contributed by atoms with Crippen molar-refractivity contribution in [1.29, 1.82) is 0 Å². The highest BCUT2D eigenvalue weighted by molar-refractivity contribution is 6.30. The van der Waals surface area contributed by atoms with E-state index in [0.717, 1.165) is 34.9 Å². The molecule has 0 amide bonds. The molecule has 2 aromatic rings. The van der Waals surface area contributed by atoms with E-state index in [9.17, 15) is 0 Å². The van der Waals surface area contributed by atoms with Crippen molar-refractivity contribution >= 4 is 11.6 Å². The first-order valence-corrected chi connectivity index (χ1v) is 7.29. The molecule has 106 valence electrons. The Morgan fingerprint density at radius 2 is 1.75 bits per heavy atom. The molecule has 0 saturated carbocycles. The maximum absolute atomic E-state index is 5.91. The van der Waals surface area contributed by atoms with Crippen LogP contribution in [0.2, 0.25) is 5.02 Å². The van der Waals surface area contributed by atoms with Crippen LogP contribution < -0.4 is 5.32 Å². The van der Waals surface area contributed by atoms with E-state index in [1.54, 1.807) is 0 Å². The van der Waals surface area contributed by atoms with Gasteiger partial charge in [0.25, 0.3) is 0 Å². The minimum atomic E-state index is 0.147. The first-order valence-electron chi connectivity index (χ1n) is 6.91. The summed E-state index contributed by atoms with van der Waals surface area (Å²) < 4.78 is 0. The molecule has 2 rings (SSSR count). The summed E-state index contributed by atoms with van der Waals surface area (Å²) in [6.45, 7) is 7.44. The fourth-order valence-electron chi connectivity index (χ4n) is 1.97. The van der Waals surface area contributed by atoms with Crippen LogP contribution in [0.1, 0.15) is 26.5 Å². The number of pyridine rings is 1. The van der Waals surface area contributed by atoms with Crippen LogP contribution in [0.4, 0.5) is 0 Å². The van der Waals surface area contributed by atoms with Gasteiger partial charge < -0.3 is 5.32 Å². The SMILES string of the molecule is CC(C)(C)NCCc1cccc(-c2ccc(Cl)cc2)n1. The summed E-state index contributed by atoms with van der Waals surface area (Å²) >= 11 is 5.91. The van der Waals surface area contributed by atoms with Gasteiger partial charge in [0.05, 0.1) is 5.69 Å². The molecule has 0 atom stereocenters. The minimum absolute atomic E-state index is 0.147. The zero-order chi connectivity index (χ0) is 14.6. The van der Waals surface area contributed by atoms with E-state index in [2.05, 4.69) is 38.2 Å². The van der Waals surface area contributed by atoms with Crippen molar-refractivity contribution in [2.45, 2.75) is 32.7 Å². The van der Waals surface area contributed by atoms with Crippen LogP contribution in [-0.2, 0) is 6.42 Å². The van der Waals surface area contributed by atoms with Crippen LogP contribution in [0.5, 0.6) is 0 Å². The summed E-state index contributed by atoms with van der Waals surface area (Å²) in [6, 6.07) is 14.0. The largest absolute Gasteiger partial charge is 0.312 e. The highest BCUT2D eigenvalue weighted by Gasteiger charge is 2.08. The Kier molecular flexibility index (Phi) is 4.79. The summed E-state index contributed by atoms with van der Waals surface area (Å²) in [4.78, 5) is 4.71. The van der Waals surface area contributed by atoms with Crippen molar-refractivity contribution in [2.75, 3.05) is 6.54 Å². The minimum Gasteiger partial charge on any atom is -0.312 e. The molecule has 1 N–H and O–H groups in total. The lowest BCUT2D eigenvalue weighted by Gasteiger charge is -2.20. The first-order chi connectivity index (χ1) is 9.44. The zero-order valence-corrected chi connectivity index (χ0v) is 13.0. The van der Waals surface area contributed by atoms with Gasteiger partial charge in [0.1, 0.15) is 0 Å². The van der Waals surface area contributed by atoms with Gasteiger partial charge in [0.2, 0.25) is 0 Å². The normalized spacial score (nSPS) is 11.6. The van der Waals surface area contributed by atoms with Crippen molar-refractivity contribution in [3.8, 4) is 11.3 Å². The molecule has 0 unspecified atom stereocenters. The molecule has 0 aliphatic rings. The maximum Gasteiger partial charge on any atom is 0.0705 e. The van der Waals surface area contributed by atoms with Crippen LogP contribution >= 0.6 is 11.6 Å². The van der Waals surface area contributed by atoms with E-state index in [1.807, 2.05) is 30.3 Å². The average molecular weight is 289 g/mol. The van der Waals surface area contributed by atoms with Crippen molar-refractivity contribution < 1.29 is 0 Å². The number of hydrogen-bond acceptors (Lipinski definition) is 2. The quantitative estimate of drug-likeness (QED) is 0.905. The van der Waals surface area contributed by atoms with Gasteiger partial charge in [0, 0.05) is 34.8 Å². The lowest BCUT2D eigenvalue weighted by atomic mass is 10.1. The predicted octanol–water partition coefficient (Wildman–Crippen LogP) is 4.33. The third-order valence-corrected chi connectivity index (χ3v) is 3.24. The highest BCUT2D eigenvalue weighted by atomic mass is 35.5. The molecule has 0 fully saturated rings. The number of aromatic nitrogens is 1. The molecular formula is C17H21ClN2. The van der Waals surface area contributed by atoms with Crippen LogP contribution in [0.25, 0.3) is 11.3 Å². The summed E-state index contributed by atoms with van der Waals surface area (Å²) in [5.74, 6) is 0. The van der Waals surface area contributed by atoms with Crippen molar-refractivity contribution in [3.05, 3.63) is 53.2 Å². The van der Waals surface area contributed by atoms with Crippen LogP contribution in [-0.4, -0.2) is 17.1 Å². The second kappa shape index (κ2) is 6.38. The molecule has 2 nitrogen and oxygen atoms in total. The number of benzene rings is 1. The molecule has 0 spiro atoms. The highest BCUT2D eigenvalue weighted by Crippen LogP contribution is 2.19. The Hall–Kier alpha value is -1.38. The summed E-state index contributed by atoms with van der Waals surface area (Å²) in [6.07, 6.45) is 0.929. The molecular weight excluding hydrogens is 268 g/mol. The van der Waals surface area contributed by atoms with Gasteiger partial charge in [-0.3, -0.25) is 4.98 Å². The number of hydrogen-bond donors (Lipinski definition) is 1. The van der Waals surface area contributed by atoms with E-state index >= 15 is 0 Å². The fraction of sp³-hybridized carbons (Fsp3) is 0.353. The van der Waals surface area contributed by atoms with E-state index in [-0.39, 0.29) is 5.54 Å². The smallest absolute Gasteiger partial charge is 0.0705 e. The second-order valence-corrected chi connectivity index (χ2v) is 6.38. The molecule has 3 heteroatoms. The Morgan fingerprint density at radius 3 is 2.40 bits per heavy atom. The molecule has 0 bridgehead atoms. The fourth-order valence-corrected chi connectivity index (χ4v) is 2.09. The zero-order valence-electron chi connectivity index (χ0n) is 12.3. The molecule has 1 aromatic carbocycles. The average Bonchev–Trinajstić information content (AvgIpc) is 2.38. The second-order valence-electron chi connectivity index (χ2n) is 5.95. The van der Waals surface area contributed by atoms with Crippen LogP contribution in [0.15, 0.2) is 42.5 Å². The molecule has 0 saturated heterocycles. The van der Waals surface area contributed by atoms with E-state index in [4.69, 9.17) is 16.6 Å². The molecule has 1 aromatic heterocycles. The van der Waals surface area contributed by atoms with Gasteiger partial charge >= 0.3 is 0 Å². The summed E-state index contributed by atoms with van der Waals surface area (Å²) in [5.41, 5.74) is 3.34. The third-order valence-electron chi connectivity index (χ3n) is 2.98. The van der Waals surface area contributed by atoms with Crippen LogP contribution in [0, 0.1) is 0 Å². The monoisotopic (exact) mass is 288 g/mol. The van der Waals surface area contributed by atoms with Gasteiger partial charge in [-0.25, -0.2) is 0 Å². The van der Waals surface area contributed by atoms with Gasteiger partial charge in [-0.05, 0) is 45.0 Å². The van der Waals surface area contributed by atoms with E-state index in [0.29, 0.717) is 0 Å². The molecule has 0 radical (unpaired) electrons. The standard InChI is InChI=1S/C17H21ClN2/c1-17(2,3)19-12-11-15-5-4-6-16(20-15)13-7-9-14(18)10-8-13/h4-10,19H,11-12H2,1-3H3. The topological polar surface area (TPSA) is 24.9 Å².